The number of halogens is 2. The van der Waals surface area contributed by atoms with Gasteiger partial charge in [-0.15, -0.1) is 12.4 Å². The fraction of sp³-hybridized carbons (Fsp3) is 0.333. The van der Waals surface area contributed by atoms with Crippen LogP contribution in [0.4, 0.5) is 4.39 Å². The van der Waals surface area contributed by atoms with E-state index in [0.29, 0.717) is 11.1 Å². The fourth-order valence-electron chi connectivity index (χ4n) is 1.35. The molecule has 1 aromatic carbocycles. The lowest BCUT2D eigenvalue weighted by Crippen LogP contribution is -2.31. The molecule has 1 unspecified atom stereocenters. The zero-order valence-corrected chi connectivity index (χ0v) is 10.6. The molecule has 0 aliphatic heterocycles. The molecule has 4 nitrogen and oxygen atoms in total. The normalized spacial score (nSPS) is 12.8. The summed E-state index contributed by atoms with van der Waals surface area (Å²) in [4.78, 5) is 11.2. The molecule has 0 saturated carbocycles. The summed E-state index contributed by atoms with van der Waals surface area (Å²) in [6.45, 7) is 1.69. The van der Waals surface area contributed by atoms with E-state index in [1.165, 1.54) is 6.07 Å². The highest BCUT2D eigenvalue weighted by Crippen LogP contribution is 2.19. The highest BCUT2D eigenvalue weighted by Gasteiger charge is 2.27. The third kappa shape index (κ3) is 3.99. The fourth-order valence-corrected chi connectivity index (χ4v) is 1.35. The molecule has 0 spiro atoms. The molecule has 0 aliphatic rings. The number of carbonyl (C=O) groups is 1. The van der Waals surface area contributed by atoms with E-state index in [0.717, 1.165) is 0 Å². The van der Waals surface area contributed by atoms with Crippen LogP contribution in [0.3, 0.4) is 0 Å². The SMILES string of the molecule is CCOC(=O)C(F)[C@@H](N)c1cccc(C#N)c1.Cl. The summed E-state index contributed by atoms with van der Waals surface area (Å²) in [6.07, 6.45) is -1.93. The minimum absolute atomic E-state index is 0. The maximum absolute atomic E-state index is 13.6. The minimum atomic E-state index is -1.93. The summed E-state index contributed by atoms with van der Waals surface area (Å²) >= 11 is 0. The maximum atomic E-state index is 13.6. The van der Waals surface area contributed by atoms with E-state index in [-0.39, 0.29) is 19.0 Å². The van der Waals surface area contributed by atoms with Crippen molar-refractivity contribution >= 4 is 18.4 Å². The first-order chi connectivity index (χ1) is 8.10. The van der Waals surface area contributed by atoms with E-state index in [4.69, 9.17) is 11.0 Å². The van der Waals surface area contributed by atoms with Crippen molar-refractivity contribution in [1.29, 1.82) is 5.26 Å². The Labute approximate surface area is 111 Å². The largest absolute Gasteiger partial charge is 0.464 e. The number of hydrogen-bond acceptors (Lipinski definition) is 4. The Bertz CT molecular complexity index is 448. The molecular formula is C12H14ClFN2O2. The van der Waals surface area contributed by atoms with E-state index in [1.807, 2.05) is 6.07 Å². The van der Waals surface area contributed by atoms with Crippen LogP contribution < -0.4 is 5.73 Å². The lowest BCUT2D eigenvalue weighted by molar-refractivity contribution is -0.149. The van der Waals surface area contributed by atoms with Gasteiger partial charge in [0.2, 0.25) is 6.17 Å². The number of rotatable bonds is 4. The van der Waals surface area contributed by atoms with Crippen LogP contribution >= 0.6 is 12.4 Å². The predicted octanol–water partition coefficient (Wildman–Crippen LogP) is 1.88. The molecule has 6 heteroatoms. The van der Waals surface area contributed by atoms with Crippen molar-refractivity contribution in [2.45, 2.75) is 19.1 Å². The topological polar surface area (TPSA) is 76.1 Å². The highest BCUT2D eigenvalue weighted by molar-refractivity contribution is 5.85. The number of nitriles is 1. The Morgan fingerprint density at radius 3 is 2.83 bits per heavy atom. The standard InChI is InChI=1S/C12H13FN2O2.ClH/c1-2-17-12(16)10(13)11(15)9-5-3-4-8(6-9)7-14;/h3-6,10-11H,2,15H2,1H3;1H/t10?,11-;/m0./s1. The van der Waals surface area contributed by atoms with Crippen LogP contribution in [0.5, 0.6) is 0 Å². The molecule has 0 amide bonds. The molecule has 2 atom stereocenters. The minimum Gasteiger partial charge on any atom is -0.464 e. The predicted molar refractivity (Wildman–Crippen MR) is 66.9 cm³/mol. The maximum Gasteiger partial charge on any atom is 0.342 e. The quantitative estimate of drug-likeness (QED) is 0.849. The number of nitrogens with zero attached hydrogens (tertiary/aromatic N) is 1. The summed E-state index contributed by atoms with van der Waals surface area (Å²) in [7, 11) is 0. The van der Waals surface area contributed by atoms with Gasteiger partial charge in [-0.3, -0.25) is 0 Å². The molecule has 2 N–H and O–H groups in total. The Hall–Kier alpha value is -1.64. The van der Waals surface area contributed by atoms with Crippen molar-refractivity contribution in [3.05, 3.63) is 35.4 Å². The van der Waals surface area contributed by atoms with Gasteiger partial charge in [0.05, 0.1) is 24.3 Å². The van der Waals surface area contributed by atoms with Gasteiger partial charge >= 0.3 is 5.97 Å². The van der Waals surface area contributed by atoms with Crippen LogP contribution in [0.2, 0.25) is 0 Å². The highest BCUT2D eigenvalue weighted by atomic mass is 35.5. The summed E-state index contributed by atoms with van der Waals surface area (Å²) in [5.74, 6) is -0.984. The Morgan fingerprint density at radius 2 is 2.28 bits per heavy atom. The second-order valence-corrected chi connectivity index (χ2v) is 3.42. The number of benzene rings is 1. The average molecular weight is 273 g/mol. The lowest BCUT2D eigenvalue weighted by atomic mass is 10.0. The van der Waals surface area contributed by atoms with Gasteiger partial charge in [0.1, 0.15) is 0 Å². The number of nitrogens with two attached hydrogens (primary N) is 1. The van der Waals surface area contributed by atoms with Gasteiger partial charge < -0.3 is 10.5 Å². The van der Waals surface area contributed by atoms with Crippen molar-refractivity contribution in [2.24, 2.45) is 5.73 Å². The number of hydrogen-bond donors (Lipinski definition) is 1. The van der Waals surface area contributed by atoms with E-state index in [2.05, 4.69) is 4.74 Å². The van der Waals surface area contributed by atoms with E-state index in [9.17, 15) is 9.18 Å². The van der Waals surface area contributed by atoms with E-state index >= 15 is 0 Å². The number of carbonyl (C=O) groups excluding carboxylic acids is 1. The smallest absolute Gasteiger partial charge is 0.342 e. The van der Waals surface area contributed by atoms with Gasteiger partial charge in [0.15, 0.2) is 0 Å². The molecule has 0 aromatic heterocycles. The molecular weight excluding hydrogens is 259 g/mol. The van der Waals surface area contributed by atoms with Crippen LogP contribution in [0.1, 0.15) is 24.1 Å². The zero-order chi connectivity index (χ0) is 12.8. The number of ether oxygens (including phenoxy) is 1. The van der Waals surface area contributed by atoms with Gasteiger partial charge in [0, 0.05) is 0 Å². The molecule has 0 bridgehead atoms. The summed E-state index contributed by atoms with van der Waals surface area (Å²) in [5, 5.41) is 8.70. The zero-order valence-electron chi connectivity index (χ0n) is 9.80. The van der Waals surface area contributed by atoms with Crippen molar-refractivity contribution in [3.8, 4) is 6.07 Å². The first-order valence-electron chi connectivity index (χ1n) is 5.16. The van der Waals surface area contributed by atoms with Gasteiger partial charge in [-0.05, 0) is 24.6 Å². The average Bonchev–Trinajstić information content (AvgIpc) is 2.37. The van der Waals surface area contributed by atoms with Gasteiger partial charge in [-0.1, -0.05) is 12.1 Å². The summed E-state index contributed by atoms with van der Waals surface area (Å²) < 4.78 is 18.2. The van der Waals surface area contributed by atoms with Gasteiger partial charge in [0.25, 0.3) is 0 Å². The van der Waals surface area contributed by atoms with Crippen molar-refractivity contribution < 1.29 is 13.9 Å². The van der Waals surface area contributed by atoms with Crippen LogP contribution in [0.15, 0.2) is 24.3 Å². The molecule has 0 radical (unpaired) electrons. The van der Waals surface area contributed by atoms with Crippen LogP contribution in [-0.2, 0) is 9.53 Å². The molecule has 0 fully saturated rings. The third-order valence-electron chi connectivity index (χ3n) is 2.23. The first-order valence-corrected chi connectivity index (χ1v) is 5.16. The van der Waals surface area contributed by atoms with Crippen LogP contribution in [0, 0.1) is 11.3 Å². The second-order valence-electron chi connectivity index (χ2n) is 3.42. The monoisotopic (exact) mass is 272 g/mol. The molecule has 0 heterocycles. The molecule has 98 valence electrons. The van der Waals surface area contributed by atoms with Crippen molar-refractivity contribution in [2.75, 3.05) is 6.61 Å². The van der Waals surface area contributed by atoms with Crippen molar-refractivity contribution in [1.82, 2.24) is 0 Å². The molecule has 0 aliphatic carbocycles. The first kappa shape index (κ1) is 16.4. The van der Waals surface area contributed by atoms with E-state index < -0.39 is 18.2 Å². The van der Waals surface area contributed by atoms with Gasteiger partial charge in [-0.2, -0.15) is 5.26 Å². The number of alkyl halides is 1. The molecule has 1 rings (SSSR count). The molecule has 0 saturated heterocycles. The third-order valence-corrected chi connectivity index (χ3v) is 2.23. The Morgan fingerprint density at radius 1 is 1.61 bits per heavy atom. The van der Waals surface area contributed by atoms with Crippen molar-refractivity contribution in [3.63, 3.8) is 0 Å². The second kappa shape index (κ2) is 7.64. The lowest BCUT2D eigenvalue weighted by Gasteiger charge is -2.15. The Kier molecular flexibility index (Phi) is 6.94. The van der Waals surface area contributed by atoms with Crippen LogP contribution in [-0.4, -0.2) is 18.7 Å². The van der Waals surface area contributed by atoms with E-state index in [1.54, 1.807) is 25.1 Å². The summed E-state index contributed by atoms with van der Waals surface area (Å²) in [5.41, 5.74) is 6.37. The summed E-state index contributed by atoms with van der Waals surface area (Å²) in [6, 6.07) is 6.99. The molecule has 18 heavy (non-hydrogen) atoms. The van der Waals surface area contributed by atoms with Crippen LogP contribution in [0.25, 0.3) is 0 Å². The molecule has 1 aromatic rings. The number of esters is 1. The van der Waals surface area contributed by atoms with Gasteiger partial charge in [-0.25, -0.2) is 9.18 Å². The Balaban J connectivity index is 0.00000289.